The number of piperidine rings is 1. The number of carbonyl (C=O) groups is 1. The minimum Gasteiger partial charge on any atom is -0.476 e. The summed E-state index contributed by atoms with van der Waals surface area (Å²) in [6, 6.07) is 4.01. The maximum absolute atomic E-state index is 11.1. The highest BCUT2D eigenvalue weighted by molar-refractivity contribution is 6.33. The molecule has 1 N–H and O–H groups in total. The van der Waals surface area contributed by atoms with Gasteiger partial charge in [-0.2, -0.15) is 0 Å². The molecule has 2 aliphatic rings. The fraction of sp³-hybridized carbons (Fsp3) is 0.600. The SMILES string of the molecule is O=C(O)c1nc(N2CCC(N3CCCCC3)C2)ccc1Cl. The van der Waals surface area contributed by atoms with Crippen molar-refractivity contribution in [3.05, 3.63) is 22.8 Å². The molecule has 1 aromatic rings. The van der Waals surface area contributed by atoms with Crippen LogP contribution in [0.25, 0.3) is 0 Å². The fourth-order valence-electron chi connectivity index (χ4n) is 3.29. The number of hydrogen-bond acceptors (Lipinski definition) is 4. The molecule has 0 bridgehead atoms. The standard InChI is InChI=1S/C15H20ClN3O2/c16-12-4-5-13(17-14(12)15(20)21)19-9-6-11(10-19)18-7-2-1-3-8-18/h4-5,11H,1-3,6-10H2,(H,20,21). The van der Waals surface area contributed by atoms with Crippen molar-refractivity contribution in [2.75, 3.05) is 31.1 Å². The predicted molar refractivity (Wildman–Crippen MR) is 82.2 cm³/mol. The molecule has 3 rings (SSSR count). The first kappa shape index (κ1) is 14.6. The van der Waals surface area contributed by atoms with Crippen LogP contribution >= 0.6 is 11.6 Å². The Kier molecular flexibility index (Phi) is 4.31. The van der Waals surface area contributed by atoms with Crippen LogP contribution in [0.1, 0.15) is 36.2 Å². The molecule has 0 spiro atoms. The molecule has 0 aromatic carbocycles. The van der Waals surface area contributed by atoms with Crippen LogP contribution in [0.3, 0.4) is 0 Å². The molecule has 2 fully saturated rings. The van der Waals surface area contributed by atoms with Gasteiger partial charge < -0.3 is 10.0 Å². The number of hydrogen-bond donors (Lipinski definition) is 1. The molecule has 5 nitrogen and oxygen atoms in total. The minimum absolute atomic E-state index is 0.0596. The zero-order chi connectivity index (χ0) is 14.8. The van der Waals surface area contributed by atoms with Gasteiger partial charge in [0, 0.05) is 19.1 Å². The van der Waals surface area contributed by atoms with Gasteiger partial charge >= 0.3 is 5.97 Å². The second kappa shape index (κ2) is 6.20. The Labute approximate surface area is 129 Å². The lowest BCUT2D eigenvalue weighted by Crippen LogP contribution is -2.41. The van der Waals surface area contributed by atoms with Crippen LogP contribution in [0.2, 0.25) is 5.02 Å². The summed E-state index contributed by atoms with van der Waals surface area (Å²) in [5.74, 6) is -0.357. The second-order valence-electron chi connectivity index (χ2n) is 5.79. The van der Waals surface area contributed by atoms with Gasteiger partial charge in [-0.1, -0.05) is 18.0 Å². The third-order valence-electron chi connectivity index (χ3n) is 4.43. The Morgan fingerprint density at radius 3 is 2.71 bits per heavy atom. The van der Waals surface area contributed by atoms with Crippen molar-refractivity contribution >= 4 is 23.4 Å². The summed E-state index contributed by atoms with van der Waals surface area (Å²) in [4.78, 5) is 20.1. The molecule has 1 unspecified atom stereocenters. The van der Waals surface area contributed by atoms with E-state index in [4.69, 9.17) is 16.7 Å². The molecule has 21 heavy (non-hydrogen) atoms. The number of carboxylic acid groups (broad SMARTS) is 1. The van der Waals surface area contributed by atoms with Crippen LogP contribution < -0.4 is 4.90 Å². The molecule has 114 valence electrons. The average molecular weight is 310 g/mol. The number of likely N-dealkylation sites (tertiary alicyclic amines) is 1. The van der Waals surface area contributed by atoms with Crippen LogP contribution in [0.4, 0.5) is 5.82 Å². The Morgan fingerprint density at radius 1 is 1.24 bits per heavy atom. The van der Waals surface area contributed by atoms with Crippen molar-refractivity contribution in [1.82, 2.24) is 9.88 Å². The topological polar surface area (TPSA) is 56.7 Å². The van der Waals surface area contributed by atoms with Crippen molar-refractivity contribution in [3.8, 4) is 0 Å². The van der Waals surface area contributed by atoms with Gasteiger partial charge in [-0.05, 0) is 44.5 Å². The molecular formula is C15H20ClN3O2. The van der Waals surface area contributed by atoms with Gasteiger partial charge in [0.2, 0.25) is 0 Å². The Bertz CT molecular complexity index is 532. The Morgan fingerprint density at radius 2 is 2.00 bits per heavy atom. The molecule has 3 heterocycles. The molecule has 1 atom stereocenters. The first-order valence-corrected chi connectivity index (χ1v) is 7.92. The van der Waals surface area contributed by atoms with Crippen LogP contribution in [-0.4, -0.2) is 53.2 Å². The van der Waals surface area contributed by atoms with E-state index in [1.807, 2.05) is 6.07 Å². The Hall–Kier alpha value is -1.33. The van der Waals surface area contributed by atoms with E-state index in [0.717, 1.165) is 25.3 Å². The quantitative estimate of drug-likeness (QED) is 0.929. The molecule has 0 radical (unpaired) electrons. The predicted octanol–water partition coefficient (Wildman–Crippen LogP) is 2.50. The van der Waals surface area contributed by atoms with Gasteiger partial charge in [-0.15, -0.1) is 0 Å². The number of carboxylic acids is 1. The lowest BCUT2D eigenvalue weighted by molar-refractivity contribution is 0.0691. The number of rotatable bonds is 3. The first-order valence-electron chi connectivity index (χ1n) is 7.54. The van der Waals surface area contributed by atoms with Gasteiger partial charge in [0.1, 0.15) is 5.82 Å². The molecule has 0 saturated carbocycles. The number of halogens is 1. The van der Waals surface area contributed by atoms with Crippen molar-refractivity contribution in [2.45, 2.75) is 31.7 Å². The number of aromatic nitrogens is 1. The summed E-state index contributed by atoms with van der Waals surface area (Å²) < 4.78 is 0. The van der Waals surface area contributed by atoms with Crippen molar-refractivity contribution in [2.24, 2.45) is 0 Å². The summed E-state index contributed by atoms with van der Waals surface area (Å²) >= 11 is 5.88. The van der Waals surface area contributed by atoms with E-state index in [-0.39, 0.29) is 10.7 Å². The smallest absolute Gasteiger partial charge is 0.356 e. The van der Waals surface area contributed by atoms with Crippen LogP contribution in [-0.2, 0) is 0 Å². The van der Waals surface area contributed by atoms with E-state index in [1.54, 1.807) is 6.07 Å². The molecule has 2 saturated heterocycles. The zero-order valence-electron chi connectivity index (χ0n) is 12.0. The highest BCUT2D eigenvalue weighted by atomic mass is 35.5. The van der Waals surface area contributed by atoms with Crippen molar-refractivity contribution in [1.29, 1.82) is 0 Å². The molecule has 0 amide bonds. The highest BCUT2D eigenvalue weighted by Gasteiger charge is 2.29. The fourth-order valence-corrected chi connectivity index (χ4v) is 3.48. The maximum Gasteiger partial charge on any atom is 0.356 e. The third-order valence-corrected chi connectivity index (χ3v) is 4.73. The third kappa shape index (κ3) is 3.14. The van der Waals surface area contributed by atoms with Crippen molar-refractivity contribution < 1.29 is 9.90 Å². The number of aromatic carboxylic acids is 1. The van der Waals surface area contributed by atoms with E-state index in [1.165, 1.54) is 32.4 Å². The second-order valence-corrected chi connectivity index (χ2v) is 6.20. The summed E-state index contributed by atoms with van der Waals surface area (Å²) in [5, 5.41) is 9.31. The van der Waals surface area contributed by atoms with E-state index >= 15 is 0 Å². The minimum atomic E-state index is -1.08. The van der Waals surface area contributed by atoms with Crippen molar-refractivity contribution in [3.63, 3.8) is 0 Å². The molecule has 6 heteroatoms. The van der Waals surface area contributed by atoms with E-state index in [0.29, 0.717) is 6.04 Å². The number of anilines is 1. The average Bonchev–Trinajstić information content (AvgIpc) is 2.98. The van der Waals surface area contributed by atoms with E-state index < -0.39 is 5.97 Å². The first-order chi connectivity index (χ1) is 10.1. The van der Waals surface area contributed by atoms with Gasteiger partial charge in [0.15, 0.2) is 5.69 Å². The lowest BCUT2D eigenvalue weighted by Gasteiger charge is -2.32. The maximum atomic E-state index is 11.1. The zero-order valence-corrected chi connectivity index (χ0v) is 12.7. The summed E-state index contributed by atoms with van der Waals surface area (Å²) in [6.45, 7) is 4.22. The largest absolute Gasteiger partial charge is 0.476 e. The van der Waals surface area contributed by atoms with Gasteiger partial charge in [-0.25, -0.2) is 9.78 Å². The van der Waals surface area contributed by atoms with E-state index in [2.05, 4.69) is 14.8 Å². The molecular weight excluding hydrogens is 290 g/mol. The summed E-state index contributed by atoms with van der Waals surface area (Å²) in [7, 11) is 0. The summed E-state index contributed by atoms with van der Waals surface area (Å²) in [5.41, 5.74) is -0.0596. The Balaban J connectivity index is 1.71. The van der Waals surface area contributed by atoms with Gasteiger partial charge in [0.05, 0.1) is 5.02 Å². The van der Waals surface area contributed by atoms with E-state index in [9.17, 15) is 4.79 Å². The molecule has 1 aromatic heterocycles. The molecule has 2 aliphatic heterocycles. The monoisotopic (exact) mass is 309 g/mol. The number of pyridine rings is 1. The van der Waals surface area contributed by atoms with Crippen LogP contribution in [0, 0.1) is 0 Å². The van der Waals surface area contributed by atoms with Gasteiger partial charge in [0.25, 0.3) is 0 Å². The van der Waals surface area contributed by atoms with Crippen LogP contribution in [0.15, 0.2) is 12.1 Å². The van der Waals surface area contributed by atoms with Crippen LogP contribution in [0.5, 0.6) is 0 Å². The lowest BCUT2D eigenvalue weighted by atomic mass is 10.1. The highest BCUT2D eigenvalue weighted by Crippen LogP contribution is 2.26. The molecule has 0 aliphatic carbocycles. The normalized spacial score (nSPS) is 23.5. The van der Waals surface area contributed by atoms with Gasteiger partial charge in [-0.3, -0.25) is 4.90 Å². The number of nitrogens with zero attached hydrogens (tertiary/aromatic N) is 3. The summed E-state index contributed by atoms with van der Waals surface area (Å²) in [6.07, 6.45) is 5.04.